The molecule has 0 saturated carbocycles. The highest BCUT2D eigenvalue weighted by Crippen LogP contribution is 2.28. The molecule has 0 amide bonds. The number of nitriles is 1. The highest BCUT2D eigenvalue weighted by Gasteiger charge is 2.26. The molecule has 0 aliphatic carbocycles. The standard InChI is InChI=1S/C17H19FN6/c1-23(2)16-8-15(20-11-21-16)22-13-6-7-24(10-13)17-12(9-19)4-3-5-14(17)18/h3-5,8,11,13H,6-7,10H2,1-2H3,(H,20,21,22). The molecule has 1 aromatic heterocycles. The van der Waals surface area contributed by atoms with E-state index in [1.165, 1.54) is 12.4 Å². The Balaban J connectivity index is 1.73. The molecule has 1 aromatic carbocycles. The lowest BCUT2D eigenvalue weighted by Crippen LogP contribution is -2.27. The van der Waals surface area contributed by atoms with Crippen molar-refractivity contribution in [3.63, 3.8) is 0 Å². The molecule has 1 atom stereocenters. The summed E-state index contributed by atoms with van der Waals surface area (Å²) in [5, 5.41) is 12.6. The Morgan fingerprint density at radius 2 is 2.21 bits per heavy atom. The predicted molar refractivity (Wildman–Crippen MR) is 91.7 cm³/mol. The second kappa shape index (κ2) is 6.71. The summed E-state index contributed by atoms with van der Waals surface area (Å²) in [6.07, 6.45) is 2.37. The molecular weight excluding hydrogens is 307 g/mol. The van der Waals surface area contributed by atoms with Crippen molar-refractivity contribution in [2.24, 2.45) is 0 Å². The van der Waals surface area contributed by atoms with Gasteiger partial charge in [-0.25, -0.2) is 14.4 Å². The average molecular weight is 326 g/mol. The molecule has 1 aliphatic rings. The van der Waals surface area contributed by atoms with Crippen molar-refractivity contribution in [2.75, 3.05) is 42.3 Å². The van der Waals surface area contributed by atoms with Gasteiger partial charge in [0.05, 0.1) is 11.3 Å². The van der Waals surface area contributed by atoms with Gasteiger partial charge in [0.15, 0.2) is 0 Å². The molecule has 3 rings (SSSR count). The number of nitrogens with one attached hydrogen (secondary N) is 1. The van der Waals surface area contributed by atoms with E-state index in [4.69, 9.17) is 0 Å². The minimum Gasteiger partial charge on any atom is -0.366 e. The zero-order valence-corrected chi connectivity index (χ0v) is 13.7. The summed E-state index contributed by atoms with van der Waals surface area (Å²) in [4.78, 5) is 12.3. The second-order valence-electron chi connectivity index (χ2n) is 5.98. The molecule has 1 N–H and O–H groups in total. The van der Waals surface area contributed by atoms with Crippen LogP contribution in [0.15, 0.2) is 30.6 Å². The monoisotopic (exact) mass is 326 g/mol. The molecule has 0 radical (unpaired) electrons. The minimum absolute atomic E-state index is 0.140. The summed E-state index contributed by atoms with van der Waals surface area (Å²) in [5.74, 6) is 1.21. The van der Waals surface area contributed by atoms with Crippen molar-refractivity contribution in [1.82, 2.24) is 9.97 Å². The lowest BCUT2D eigenvalue weighted by atomic mass is 10.1. The zero-order valence-electron chi connectivity index (χ0n) is 13.7. The number of nitrogens with zero attached hydrogens (tertiary/aromatic N) is 5. The van der Waals surface area contributed by atoms with Gasteiger partial charge in [0.1, 0.15) is 29.8 Å². The Labute approximate surface area is 140 Å². The first kappa shape index (κ1) is 16.0. The van der Waals surface area contributed by atoms with Gasteiger partial charge in [0.2, 0.25) is 0 Å². The van der Waals surface area contributed by atoms with Crippen molar-refractivity contribution in [3.8, 4) is 6.07 Å². The Morgan fingerprint density at radius 3 is 2.96 bits per heavy atom. The van der Waals surface area contributed by atoms with Gasteiger partial charge in [-0.2, -0.15) is 5.26 Å². The van der Waals surface area contributed by atoms with E-state index in [2.05, 4.69) is 21.4 Å². The topological polar surface area (TPSA) is 68.1 Å². The van der Waals surface area contributed by atoms with Gasteiger partial charge in [0.25, 0.3) is 0 Å². The van der Waals surface area contributed by atoms with Crippen LogP contribution in [-0.4, -0.2) is 43.2 Å². The normalized spacial score (nSPS) is 16.8. The average Bonchev–Trinajstić information content (AvgIpc) is 3.02. The van der Waals surface area contributed by atoms with Crippen LogP contribution in [0.25, 0.3) is 0 Å². The lowest BCUT2D eigenvalue weighted by molar-refractivity contribution is 0.622. The first-order chi connectivity index (χ1) is 11.6. The summed E-state index contributed by atoms with van der Waals surface area (Å²) >= 11 is 0. The van der Waals surface area contributed by atoms with Crippen LogP contribution in [0.2, 0.25) is 0 Å². The number of halogens is 1. The van der Waals surface area contributed by atoms with Crippen molar-refractivity contribution >= 4 is 17.3 Å². The first-order valence-electron chi connectivity index (χ1n) is 7.78. The first-order valence-corrected chi connectivity index (χ1v) is 7.78. The van der Waals surface area contributed by atoms with E-state index < -0.39 is 0 Å². The van der Waals surface area contributed by atoms with Gasteiger partial charge >= 0.3 is 0 Å². The van der Waals surface area contributed by atoms with Crippen LogP contribution in [-0.2, 0) is 0 Å². The third-order valence-corrected chi connectivity index (χ3v) is 4.07. The van der Waals surface area contributed by atoms with E-state index >= 15 is 0 Å². The molecule has 1 fully saturated rings. The largest absolute Gasteiger partial charge is 0.366 e. The molecule has 124 valence electrons. The van der Waals surface area contributed by atoms with Crippen LogP contribution in [0.4, 0.5) is 21.7 Å². The number of hydrogen-bond acceptors (Lipinski definition) is 6. The molecular formula is C17H19FN6. The lowest BCUT2D eigenvalue weighted by Gasteiger charge is -2.21. The molecule has 0 spiro atoms. The van der Waals surface area contributed by atoms with E-state index in [0.29, 0.717) is 24.3 Å². The number of hydrogen-bond donors (Lipinski definition) is 1. The summed E-state index contributed by atoms with van der Waals surface area (Å²) in [7, 11) is 3.84. The van der Waals surface area contributed by atoms with Gasteiger partial charge in [-0.3, -0.25) is 0 Å². The maximum Gasteiger partial charge on any atom is 0.147 e. The van der Waals surface area contributed by atoms with Crippen LogP contribution in [0.1, 0.15) is 12.0 Å². The van der Waals surface area contributed by atoms with E-state index in [9.17, 15) is 9.65 Å². The smallest absolute Gasteiger partial charge is 0.147 e. The fourth-order valence-corrected chi connectivity index (χ4v) is 2.89. The number of benzene rings is 1. The Bertz CT molecular complexity index is 770. The quantitative estimate of drug-likeness (QED) is 0.929. The molecule has 1 aliphatic heterocycles. The van der Waals surface area contributed by atoms with E-state index in [1.54, 1.807) is 12.1 Å². The molecule has 7 heteroatoms. The van der Waals surface area contributed by atoms with Gasteiger partial charge in [-0.05, 0) is 18.6 Å². The summed E-state index contributed by atoms with van der Waals surface area (Å²) in [5.41, 5.74) is 0.758. The van der Waals surface area contributed by atoms with E-state index in [0.717, 1.165) is 18.1 Å². The molecule has 0 bridgehead atoms. The molecule has 2 aromatic rings. The highest BCUT2D eigenvalue weighted by molar-refractivity contribution is 5.61. The summed E-state index contributed by atoms with van der Waals surface area (Å²) < 4.78 is 14.1. The third kappa shape index (κ3) is 3.23. The van der Waals surface area contributed by atoms with Gasteiger partial charge in [-0.15, -0.1) is 0 Å². The summed E-state index contributed by atoms with van der Waals surface area (Å²) in [6.45, 7) is 1.32. The minimum atomic E-state index is -0.355. The highest BCUT2D eigenvalue weighted by atomic mass is 19.1. The zero-order chi connectivity index (χ0) is 17.1. The fraction of sp³-hybridized carbons (Fsp3) is 0.353. The molecule has 2 heterocycles. The number of aromatic nitrogens is 2. The van der Waals surface area contributed by atoms with Crippen molar-refractivity contribution in [2.45, 2.75) is 12.5 Å². The second-order valence-corrected chi connectivity index (χ2v) is 5.98. The summed E-state index contributed by atoms with van der Waals surface area (Å²) in [6, 6.07) is 8.69. The Kier molecular flexibility index (Phi) is 4.47. The number of anilines is 3. The molecule has 1 unspecified atom stereocenters. The molecule has 24 heavy (non-hydrogen) atoms. The van der Waals surface area contributed by atoms with E-state index in [-0.39, 0.29) is 11.9 Å². The van der Waals surface area contributed by atoms with Crippen LogP contribution in [0.5, 0.6) is 0 Å². The van der Waals surface area contributed by atoms with E-state index in [1.807, 2.05) is 30.0 Å². The Hall–Kier alpha value is -2.88. The van der Waals surface area contributed by atoms with Crippen molar-refractivity contribution in [3.05, 3.63) is 42.0 Å². The van der Waals surface area contributed by atoms with Crippen LogP contribution in [0.3, 0.4) is 0 Å². The Morgan fingerprint density at radius 1 is 1.38 bits per heavy atom. The van der Waals surface area contributed by atoms with Crippen molar-refractivity contribution < 1.29 is 4.39 Å². The maximum atomic E-state index is 14.1. The number of rotatable bonds is 4. The van der Waals surface area contributed by atoms with Crippen LogP contribution in [0, 0.1) is 17.1 Å². The van der Waals surface area contributed by atoms with Crippen molar-refractivity contribution in [1.29, 1.82) is 5.26 Å². The van der Waals surface area contributed by atoms with Gasteiger partial charge in [0, 0.05) is 39.3 Å². The van der Waals surface area contributed by atoms with Gasteiger partial charge < -0.3 is 15.1 Å². The maximum absolute atomic E-state index is 14.1. The van der Waals surface area contributed by atoms with Crippen LogP contribution >= 0.6 is 0 Å². The van der Waals surface area contributed by atoms with Gasteiger partial charge in [-0.1, -0.05) is 6.07 Å². The third-order valence-electron chi connectivity index (χ3n) is 4.07. The molecule has 1 saturated heterocycles. The number of para-hydroxylation sites is 1. The SMILES string of the molecule is CN(C)c1cc(NC2CCN(c3c(F)cccc3C#N)C2)ncn1. The van der Waals surface area contributed by atoms with Crippen LogP contribution < -0.4 is 15.1 Å². The molecule has 6 nitrogen and oxygen atoms in total. The fourth-order valence-electron chi connectivity index (χ4n) is 2.89. The predicted octanol–water partition coefficient (Wildman–Crippen LogP) is 2.24.